The lowest BCUT2D eigenvalue weighted by atomic mass is 10.2. The molecule has 0 saturated carbocycles. The van der Waals surface area contributed by atoms with Crippen LogP contribution in [0.2, 0.25) is 0 Å². The highest BCUT2D eigenvalue weighted by Gasteiger charge is 2.59. The predicted octanol–water partition coefficient (Wildman–Crippen LogP) is 0.982. The molecule has 5 nitrogen and oxygen atoms in total. The number of hydrogen-bond donors (Lipinski definition) is 0. The van der Waals surface area contributed by atoms with E-state index < -0.39 is 7.26 Å². The van der Waals surface area contributed by atoms with Crippen LogP contribution in [0.15, 0.2) is 104 Å². The molecule has 2 fully saturated rings. The van der Waals surface area contributed by atoms with Gasteiger partial charge >= 0.3 is 6.09 Å². The van der Waals surface area contributed by atoms with Gasteiger partial charge in [-0.05, 0) is 42.8 Å². The van der Waals surface area contributed by atoms with Crippen LogP contribution in [-0.4, -0.2) is 59.7 Å². The fourth-order valence-electron chi connectivity index (χ4n) is 5.77. The molecule has 2 aliphatic rings. The first kappa shape index (κ1) is 27.1. The van der Waals surface area contributed by atoms with Crippen molar-refractivity contribution in [3.05, 3.63) is 104 Å². The van der Waals surface area contributed by atoms with Gasteiger partial charge in [-0.25, -0.2) is 4.79 Å². The molecule has 2 saturated heterocycles. The molecule has 3 aromatic carbocycles. The molecule has 0 aliphatic carbocycles. The van der Waals surface area contributed by atoms with E-state index in [-0.39, 0.29) is 47.3 Å². The van der Waals surface area contributed by atoms with Gasteiger partial charge in [-0.3, -0.25) is 4.79 Å². The molecule has 5 rings (SSSR count). The number of halogens is 1. The van der Waals surface area contributed by atoms with Crippen LogP contribution in [0.25, 0.3) is 0 Å². The summed E-state index contributed by atoms with van der Waals surface area (Å²) < 4.78 is 5.23. The van der Waals surface area contributed by atoms with Crippen molar-refractivity contribution in [1.82, 2.24) is 9.80 Å². The largest absolute Gasteiger partial charge is 1.00 e. The number of likely N-dealkylation sites (tertiary alicyclic amines) is 2. The minimum Gasteiger partial charge on any atom is -1.00 e. The van der Waals surface area contributed by atoms with Crippen LogP contribution < -0.4 is 32.9 Å². The summed E-state index contributed by atoms with van der Waals surface area (Å²) >= 11 is 0. The maximum Gasteiger partial charge on any atom is 0.410 e. The van der Waals surface area contributed by atoms with Crippen LogP contribution >= 0.6 is 7.26 Å². The molecular weight excluding hydrogens is 547 g/mol. The smallest absolute Gasteiger partial charge is 0.410 e. The molecule has 0 bridgehead atoms. The third-order valence-corrected chi connectivity index (χ3v) is 12.1. The van der Waals surface area contributed by atoms with E-state index in [4.69, 9.17) is 4.74 Å². The molecule has 1 unspecified atom stereocenters. The lowest BCUT2D eigenvalue weighted by Gasteiger charge is -2.32. The van der Waals surface area contributed by atoms with E-state index in [0.717, 1.165) is 12.8 Å². The Morgan fingerprint density at radius 3 is 1.86 bits per heavy atom. The zero-order valence-corrected chi connectivity index (χ0v) is 23.3. The van der Waals surface area contributed by atoms with Gasteiger partial charge in [0.1, 0.15) is 29.8 Å². The molecule has 0 N–H and O–H groups in total. The molecule has 0 aromatic heterocycles. The van der Waals surface area contributed by atoms with Gasteiger partial charge < -0.3 is 31.5 Å². The molecule has 0 radical (unpaired) electrons. The Morgan fingerprint density at radius 1 is 0.865 bits per heavy atom. The number of nitrogens with zero attached hydrogens (tertiary/aromatic N) is 2. The van der Waals surface area contributed by atoms with Gasteiger partial charge in [0, 0.05) is 26.1 Å². The highest BCUT2D eigenvalue weighted by molar-refractivity contribution is 7.96. The Hall–Kier alpha value is -2.95. The molecule has 2 aliphatic heterocycles. The predicted molar refractivity (Wildman–Crippen MR) is 147 cm³/mol. The van der Waals surface area contributed by atoms with E-state index in [1.807, 2.05) is 23.1 Å². The van der Waals surface area contributed by atoms with Gasteiger partial charge in [-0.15, -0.1) is 0 Å². The van der Waals surface area contributed by atoms with Gasteiger partial charge in [0.05, 0.1) is 6.04 Å². The molecule has 37 heavy (non-hydrogen) atoms. The summed E-state index contributed by atoms with van der Waals surface area (Å²) in [7, 11) is -2.29. The maximum atomic E-state index is 14.3. The Balaban J connectivity index is 0.00000320. The summed E-state index contributed by atoms with van der Waals surface area (Å²) in [5, 5.41) is 3.68. The molecule has 2 amide bonds. The second kappa shape index (κ2) is 12.1. The lowest BCUT2D eigenvalue weighted by Crippen LogP contribution is -3.00. The second-order valence-corrected chi connectivity index (χ2v) is 12.9. The number of amides is 2. The lowest BCUT2D eigenvalue weighted by molar-refractivity contribution is -0.129. The van der Waals surface area contributed by atoms with E-state index in [9.17, 15) is 9.59 Å². The number of hydrogen-bond acceptors (Lipinski definition) is 3. The normalized spacial score (nSPS) is 19.4. The summed E-state index contributed by atoms with van der Waals surface area (Å²) in [6, 6.07) is 31.8. The van der Waals surface area contributed by atoms with Gasteiger partial charge in [0.15, 0.2) is 5.66 Å². The van der Waals surface area contributed by atoms with Gasteiger partial charge in [-0.2, -0.15) is 0 Å². The topological polar surface area (TPSA) is 49.9 Å². The van der Waals surface area contributed by atoms with Gasteiger partial charge in [-0.1, -0.05) is 67.3 Å². The third-order valence-electron chi connectivity index (χ3n) is 7.36. The minimum atomic E-state index is -2.29. The molecular formula is C30H32BrN2O3P. The standard InChI is InChI=1S/C30H32N2O3P.BrH/c1-2-22-35-30(34)31-20-18-24(23-31)32-21-19-28(29(32)33)36(25-12-6-3-7-13-25,26-14-8-4-9-15-26)27-16-10-5-11-17-27;/h2-17,24,28H,1,18-23H2;1H/q+1;/p-1/t24?,28-;/m0./s1. The summed E-state index contributed by atoms with van der Waals surface area (Å²) in [4.78, 5) is 30.4. The van der Waals surface area contributed by atoms with Crippen molar-refractivity contribution in [2.75, 3.05) is 26.2 Å². The highest BCUT2D eigenvalue weighted by atomic mass is 79.9. The van der Waals surface area contributed by atoms with Crippen molar-refractivity contribution in [3.63, 3.8) is 0 Å². The third kappa shape index (κ3) is 5.10. The number of carbonyl (C=O) groups is 2. The van der Waals surface area contributed by atoms with E-state index in [0.29, 0.717) is 19.6 Å². The van der Waals surface area contributed by atoms with Crippen molar-refractivity contribution >= 4 is 35.2 Å². The van der Waals surface area contributed by atoms with Crippen LogP contribution in [-0.2, 0) is 9.53 Å². The van der Waals surface area contributed by atoms with Crippen molar-refractivity contribution in [1.29, 1.82) is 0 Å². The van der Waals surface area contributed by atoms with Crippen LogP contribution in [0.3, 0.4) is 0 Å². The molecule has 192 valence electrons. The van der Waals surface area contributed by atoms with E-state index in [2.05, 4.69) is 79.4 Å². The summed E-state index contributed by atoms with van der Waals surface area (Å²) in [5.41, 5.74) is -0.147. The van der Waals surface area contributed by atoms with Crippen LogP contribution in [0.5, 0.6) is 0 Å². The van der Waals surface area contributed by atoms with Crippen LogP contribution in [0, 0.1) is 0 Å². The summed E-state index contributed by atoms with van der Waals surface area (Å²) in [6.45, 7) is 5.63. The van der Waals surface area contributed by atoms with Crippen molar-refractivity contribution < 1.29 is 31.3 Å². The second-order valence-electron chi connectivity index (χ2n) is 9.32. The fraction of sp³-hybridized carbons (Fsp3) is 0.267. The van der Waals surface area contributed by atoms with Gasteiger partial charge in [0.2, 0.25) is 0 Å². The molecule has 2 heterocycles. The zero-order valence-electron chi connectivity index (χ0n) is 20.8. The first-order chi connectivity index (χ1) is 17.7. The maximum absolute atomic E-state index is 14.3. The first-order valence-corrected chi connectivity index (χ1v) is 14.4. The molecule has 3 aromatic rings. The van der Waals surface area contributed by atoms with Crippen molar-refractivity contribution in [2.24, 2.45) is 0 Å². The number of carbonyl (C=O) groups excluding carboxylic acids is 2. The Bertz CT molecular complexity index is 1110. The Labute approximate surface area is 230 Å². The van der Waals surface area contributed by atoms with Crippen LogP contribution in [0.4, 0.5) is 4.79 Å². The van der Waals surface area contributed by atoms with Crippen LogP contribution in [0.1, 0.15) is 12.8 Å². The zero-order chi connectivity index (χ0) is 25.0. The Kier molecular flexibility index (Phi) is 8.83. The molecule has 7 heteroatoms. The fourth-order valence-corrected chi connectivity index (χ4v) is 10.7. The van der Waals surface area contributed by atoms with E-state index in [1.165, 1.54) is 15.9 Å². The molecule has 2 atom stereocenters. The molecule has 0 spiro atoms. The minimum absolute atomic E-state index is 0. The summed E-state index contributed by atoms with van der Waals surface area (Å²) in [5.74, 6) is 0.200. The summed E-state index contributed by atoms with van der Waals surface area (Å²) in [6.07, 6.45) is 2.80. The van der Waals surface area contributed by atoms with E-state index in [1.54, 1.807) is 11.0 Å². The van der Waals surface area contributed by atoms with Crippen molar-refractivity contribution in [2.45, 2.75) is 24.5 Å². The quantitative estimate of drug-likeness (QED) is 0.310. The van der Waals surface area contributed by atoms with Gasteiger partial charge in [0.25, 0.3) is 5.91 Å². The number of rotatable bonds is 7. The number of ether oxygens (including phenoxy) is 1. The number of benzene rings is 3. The monoisotopic (exact) mass is 578 g/mol. The van der Waals surface area contributed by atoms with Crippen molar-refractivity contribution in [3.8, 4) is 0 Å². The Morgan fingerprint density at radius 2 is 1.38 bits per heavy atom. The average Bonchev–Trinajstić information content (AvgIpc) is 3.57. The van der Waals surface area contributed by atoms with E-state index >= 15 is 0 Å². The highest BCUT2D eigenvalue weighted by Crippen LogP contribution is 2.62. The first-order valence-electron chi connectivity index (χ1n) is 12.5. The SMILES string of the molecule is C=CCOC(=O)N1CCC(N2CC[C@H]([P+](c3ccccc3)(c3ccccc3)c3ccccc3)C2=O)C1.[Br-]. The average molecular weight is 579 g/mol.